The van der Waals surface area contributed by atoms with Gasteiger partial charge < -0.3 is 0 Å². The standard InChI is InChI=1S/C13H28O3/c1-4-5-6-7-8-9-10-11-12-13(2,3)15-16-14/h14H,4-12H2,1-3H3. The second-order valence-corrected chi connectivity index (χ2v) is 5.14. The lowest BCUT2D eigenvalue weighted by molar-refractivity contribution is -0.522. The smallest absolute Gasteiger partial charge is 0.101 e. The van der Waals surface area contributed by atoms with Crippen LogP contribution in [0.3, 0.4) is 0 Å². The van der Waals surface area contributed by atoms with Gasteiger partial charge in [0, 0.05) is 0 Å². The van der Waals surface area contributed by atoms with Crippen molar-refractivity contribution in [3.63, 3.8) is 0 Å². The van der Waals surface area contributed by atoms with Crippen molar-refractivity contribution in [3.8, 4) is 0 Å². The Morgan fingerprint density at radius 1 is 0.875 bits per heavy atom. The number of hydrogen-bond acceptors (Lipinski definition) is 3. The van der Waals surface area contributed by atoms with Gasteiger partial charge in [0.1, 0.15) is 5.60 Å². The molecule has 0 spiro atoms. The second kappa shape index (κ2) is 10.1. The fourth-order valence-corrected chi connectivity index (χ4v) is 1.83. The average Bonchev–Trinajstić information content (AvgIpc) is 2.22. The maximum atomic E-state index is 8.20. The highest BCUT2D eigenvalue weighted by Crippen LogP contribution is 2.19. The third-order valence-corrected chi connectivity index (χ3v) is 2.90. The second-order valence-electron chi connectivity index (χ2n) is 5.14. The van der Waals surface area contributed by atoms with E-state index in [-0.39, 0.29) is 5.60 Å². The maximum Gasteiger partial charge on any atom is 0.101 e. The largest absolute Gasteiger partial charge is 0.221 e. The molecule has 0 radical (unpaired) electrons. The zero-order valence-corrected chi connectivity index (χ0v) is 11.1. The van der Waals surface area contributed by atoms with Crippen LogP contribution in [-0.2, 0) is 9.93 Å². The number of unbranched alkanes of at least 4 members (excludes halogenated alkanes) is 7. The van der Waals surface area contributed by atoms with Crippen LogP contribution >= 0.6 is 0 Å². The Kier molecular flexibility index (Phi) is 9.99. The molecule has 0 heterocycles. The highest BCUT2D eigenvalue weighted by molar-refractivity contribution is 4.66. The predicted octanol–water partition coefficient (Wildman–Crippen LogP) is 4.72. The number of rotatable bonds is 11. The van der Waals surface area contributed by atoms with Gasteiger partial charge in [-0.25, -0.2) is 10.1 Å². The van der Waals surface area contributed by atoms with Crippen LogP contribution < -0.4 is 0 Å². The summed E-state index contributed by atoms with van der Waals surface area (Å²) in [6.45, 7) is 6.08. The summed E-state index contributed by atoms with van der Waals surface area (Å²) in [5.41, 5.74) is -0.378. The Balaban J connectivity index is 3.20. The Bertz CT molecular complexity index is 146. The highest BCUT2D eigenvalue weighted by atomic mass is 17.5. The van der Waals surface area contributed by atoms with Gasteiger partial charge in [0.15, 0.2) is 0 Å². The molecule has 0 bridgehead atoms. The molecule has 0 aromatic heterocycles. The molecule has 0 saturated carbocycles. The molecule has 0 aromatic rings. The summed E-state index contributed by atoms with van der Waals surface area (Å²) in [6, 6.07) is 0. The molecule has 0 atom stereocenters. The summed E-state index contributed by atoms with van der Waals surface area (Å²) in [4.78, 5) is 4.74. The van der Waals surface area contributed by atoms with E-state index >= 15 is 0 Å². The van der Waals surface area contributed by atoms with Gasteiger partial charge in [-0.05, 0) is 20.3 Å². The molecule has 0 aliphatic carbocycles. The normalized spacial score (nSPS) is 12.0. The van der Waals surface area contributed by atoms with Crippen LogP contribution in [0, 0.1) is 0 Å². The lowest BCUT2D eigenvalue weighted by Gasteiger charge is -2.20. The first-order valence-electron chi connectivity index (χ1n) is 6.61. The summed E-state index contributed by atoms with van der Waals surface area (Å²) in [6.07, 6.45) is 11.4. The van der Waals surface area contributed by atoms with Crippen LogP contribution in [0.5, 0.6) is 0 Å². The van der Waals surface area contributed by atoms with Crippen LogP contribution in [-0.4, -0.2) is 10.9 Å². The van der Waals surface area contributed by atoms with E-state index in [1.807, 2.05) is 13.8 Å². The first-order chi connectivity index (χ1) is 7.62. The minimum atomic E-state index is -0.378. The van der Waals surface area contributed by atoms with Crippen molar-refractivity contribution in [2.24, 2.45) is 0 Å². The van der Waals surface area contributed by atoms with Crippen LogP contribution in [0.2, 0.25) is 0 Å². The van der Waals surface area contributed by atoms with Gasteiger partial charge >= 0.3 is 0 Å². The van der Waals surface area contributed by atoms with E-state index in [4.69, 9.17) is 10.1 Å². The van der Waals surface area contributed by atoms with Crippen molar-refractivity contribution in [1.29, 1.82) is 0 Å². The van der Waals surface area contributed by atoms with Crippen molar-refractivity contribution in [2.45, 2.75) is 84.2 Å². The first-order valence-corrected chi connectivity index (χ1v) is 6.61. The Labute approximate surface area is 100.0 Å². The topological polar surface area (TPSA) is 38.7 Å². The molecular formula is C13H28O3. The number of hydrogen-bond donors (Lipinski definition) is 1. The minimum Gasteiger partial charge on any atom is -0.221 e. The molecule has 3 heteroatoms. The monoisotopic (exact) mass is 232 g/mol. The molecule has 0 aliphatic rings. The quantitative estimate of drug-likeness (QED) is 0.318. The molecule has 3 nitrogen and oxygen atoms in total. The maximum absolute atomic E-state index is 8.20. The summed E-state index contributed by atoms with van der Waals surface area (Å²) in [7, 11) is 0. The van der Waals surface area contributed by atoms with Crippen molar-refractivity contribution >= 4 is 0 Å². The van der Waals surface area contributed by atoms with Gasteiger partial charge in [0.25, 0.3) is 0 Å². The van der Waals surface area contributed by atoms with E-state index in [0.717, 1.165) is 12.8 Å². The summed E-state index contributed by atoms with van der Waals surface area (Å²) in [5.74, 6) is 0. The molecular weight excluding hydrogens is 204 g/mol. The van der Waals surface area contributed by atoms with Crippen LogP contribution in [0.4, 0.5) is 0 Å². The molecule has 0 unspecified atom stereocenters. The van der Waals surface area contributed by atoms with E-state index in [1.54, 1.807) is 0 Å². The van der Waals surface area contributed by atoms with Gasteiger partial charge in [-0.15, -0.1) is 0 Å². The van der Waals surface area contributed by atoms with E-state index in [9.17, 15) is 0 Å². The van der Waals surface area contributed by atoms with Crippen molar-refractivity contribution in [2.75, 3.05) is 0 Å². The average molecular weight is 232 g/mol. The Morgan fingerprint density at radius 3 is 1.88 bits per heavy atom. The summed E-state index contributed by atoms with van der Waals surface area (Å²) >= 11 is 0. The molecule has 1 N–H and O–H groups in total. The van der Waals surface area contributed by atoms with Gasteiger partial charge in [0.05, 0.1) is 0 Å². The predicted molar refractivity (Wildman–Crippen MR) is 66.1 cm³/mol. The zero-order chi connectivity index (χ0) is 12.3. The Hall–Kier alpha value is -0.120. The molecule has 98 valence electrons. The first kappa shape index (κ1) is 15.9. The highest BCUT2D eigenvalue weighted by Gasteiger charge is 2.19. The Morgan fingerprint density at radius 2 is 1.38 bits per heavy atom. The zero-order valence-electron chi connectivity index (χ0n) is 11.1. The van der Waals surface area contributed by atoms with E-state index in [1.165, 1.54) is 44.9 Å². The fourth-order valence-electron chi connectivity index (χ4n) is 1.83. The van der Waals surface area contributed by atoms with Crippen molar-refractivity contribution in [1.82, 2.24) is 0 Å². The summed E-state index contributed by atoms with van der Waals surface area (Å²) < 4.78 is 0. The van der Waals surface area contributed by atoms with Gasteiger partial charge in [-0.1, -0.05) is 63.3 Å². The third kappa shape index (κ3) is 10.4. The molecule has 0 fully saturated rings. The minimum absolute atomic E-state index is 0.378. The van der Waals surface area contributed by atoms with Crippen molar-refractivity contribution < 1.29 is 15.2 Å². The van der Waals surface area contributed by atoms with Crippen LogP contribution in [0.15, 0.2) is 0 Å². The SMILES string of the molecule is CCCCCCCCCCC(C)(C)OOO. The molecule has 0 rings (SSSR count). The van der Waals surface area contributed by atoms with Gasteiger partial charge in [-0.3, -0.25) is 0 Å². The van der Waals surface area contributed by atoms with Crippen molar-refractivity contribution in [3.05, 3.63) is 0 Å². The third-order valence-electron chi connectivity index (χ3n) is 2.90. The fraction of sp³-hybridized carbons (Fsp3) is 1.00. The van der Waals surface area contributed by atoms with E-state index in [0.29, 0.717) is 0 Å². The molecule has 0 amide bonds. The van der Waals surface area contributed by atoms with Gasteiger partial charge in [0.2, 0.25) is 0 Å². The van der Waals surface area contributed by atoms with Crippen LogP contribution in [0.1, 0.15) is 78.6 Å². The molecule has 16 heavy (non-hydrogen) atoms. The lowest BCUT2D eigenvalue weighted by Crippen LogP contribution is -2.23. The molecule has 0 aliphatic heterocycles. The molecule has 0 saturated heterocycles. The molecule has 0 aromatic carbocycles. The van der Waals surface area contributed by atoms with Crippen LogP contribution in [0.25, 0.3) is 0 Å². The summed E-state index contributed by atoms with van der Waals surface area (Å²) in [5, 5.41) is 11.9. The van der Waals surface area contributed by atoms with E-state index in [2.05, 4.69) is 12.0 Å². The van der Waals surface area contributed by atoms with Gasteiger partial charge in [-0.2, -0.15) is 0 Å². The van der Waals surface area contributed by atoms with E-state index < -0.39 is 0 Å². The lowest BCUT2D eigenvalue weighted by atomic mass is 9.99.